The molecule has 4 heteroatoms. The van der Waals surface area contributed by atoms with E-state index in [0.29, 0.717) is 27.0 Å². The molecule has 0 unspecified atom stereocenters. The van der Waals surface area contributed by atoms with Crippen molar-refractivity contribution in [3.8, 4) is 0 Å². The van der Waals surface area contributed by atoms with E-state index in [1.54, 1.807) is 6.08 Å². The lowest BCUT2D eigenvalue weighted by molar-refractivity contribution is 1.34. The molecule has 0 radical (unpaired) electrons. The summed E-state index contributed by atoms with van der Waals surface area (Å²) in [7, 11) is 0. The summed E-state index contributed by atoms with van der Waals surface area (Å²) in [5, 5.41) is 1.06. The molecule has 0 aromatic rings. The van der Waals surface area contributed by atoms with Crippen LogP contribution in [0, 0.1) is 0 Å². The van der Waals surface area contributed by atoms with Crippen LogP contribution in [0.5, 0.6) is 0 Å². The molecule has 0 aromatic heterocycles. The molecule has 10 heavy (non-hydrogen) atoms. The summed E-state index contributed by atoms with van der Waals surface area (Å²) in [5.41, 5.74) is 6.02. The van der Waals surface area contributed by atoms with Crippen LogP contribution in [-0.2, 0) is 0 Å². The lowest BCUT2D eigenvalue weighted by Crippen LogP contribution is -2.12. The molecule has 0 bridgehead atoms. The number of rotatable bonds is 0. The average Bonchev–Trinajstić information content (AvgIpc) is 1.84. The van der Waals surface area contributed by atoms with Gasteiger partial charge in [0.25, 0.3) is 0 Å². The molecule has 2 N–H and O–H groups in total. The predicted molar refractivity (Wildman–Crippen MR) is 48.2 cm³/mol. The van der Waals surface area contributed by atoms with Gasteiger partial charge in [-0.1, -0.05) is 35.4 Å². The van der Waals surface area contributed by atoms with Gasteiger partial charge >= 0.3 is 0 Å². The molecule has 0 aromatic carbocycles. The molecule has 0 atom stereocenters. The zero-order chi connectivity index (χ0) is 7.72. The Morgan fingerprint density at radius 1 is 1.50 bits per heavy atom. The van der Waals surface area contributed by atoms with E-state index in [9.17, 15) is 0 Å². The van der Waals surface area contributed by atoms with Crippen molar-refractivity contribution in [1.82, 2.24) is 0 Å². The van der Waals surface area contributed by atoms with Crippen molar-refractivity contribution in [2.45, 2.75) is 6.42 Å². The number of halogens is 2. The summed E-state index contributed by atoms with van der Waals surface area (Å²) in [4.78, 5) is 0.661. The number of nitrogens with two attached hydrogens (primary N) is 1. The van der Waals surface area contributed by atoms with Crippen molar-refractivity contribution in [3.05, 3.63) is 21.8 Å². The maximum Gasteiger partial charge on any atom is 0.0575 e. The minimum Gasteiger partial charge on any atom is -0.398 e. The molecular weight excluding hydrogens is 189 g/mol. The Bertz CT molecular complexity index is 242. The molecule has 0 fully saturated rings. The van der Waals surface area contributed by atoms with E-state index in [-0.39, 0.29) is 0 Å². The van der Waals surface area contributed by atoms with Gasteiger partial charge in [0.05, 0.1) is 5.03 Å². The first kappa shape index (κ1) is 8.05. The van der Waals surface area contributed by atoms with E-state index < -0.39 is 0 Å². The normalized spacial score (nSPS) is 19.4. The Balaban J connectivity index is 2.99. The van der Waals surface area contributed by atoms with Gasteiger partial charge in [-0.2, -0.15) is 0 Å². The van der Waals surface area contributed by atoms with Crippen molar-refractivity contribution in [2.24, 2.45) is 5.73 Å². The second-order valence-electron chi connectivity index (χ2n) is 1.95. The van der Waals surface area contributed by atoms with Gasteiger partial charge in [-0.05, 0) is 6.08 Å². The maximum atomic E-state index is 5.69. The monoisotopic (exact) mass is 193 g/mol. The standard InChI is InChI=1S/C6H5Cl2NS/c7-3-1-5(9)6(10)2-4(3)8/h1H,2,9H2. The largest absolute Gasteiger partial charge is 0.398 e. The van der Waals surface area contributed by atoms with Crippen LogP contribution in [0.25, 0.3) is 0 Å². The fourth-order valence-electron chi connectivity index (χ4n) is 0.623. The summed E-state index contributed by atoms with van der Waals surface area (Å²) in [6, 6.07) is 0. The highest BCUT2D eigenvalue weighted by Gasteiger charge is 2.12. The van der Waals surface area contributed by atoms with E-state index in [1.165, 1.54) is 0 Å². The van der Waals surface area contributed by atoms with Gasteiger partial charge in [0.15, 0.2) is 0 Å². The summed E-state index contributed by atoms with van der Waals surface area (Å²) in [6.45, 7) is 0. The number of hydrogen-bond donors (Lipinski definition) is 1. The number of allylic oxidation sites excluding steroid dienone is 4. The lowest BCUT2D eigenvalue weighted by Gasteiger charge is -2.09. The second-order valence-corrected chi connectivity index (χ2v) is 3.31. The third kappa shape index (κ3) is 1.51. The van der Waals surface area contributed by atoms with Gasteiger partial charge in [0, 0.05) is 22.0 Å². The molecule has 0 spiro atoms. The second kappa shape index (κ2) is 2.91. The first-order chi connectivity index (χ1) is 4.61. The first-order valence-electron chi connectivity index (χ1n) is 2.66. The van der Waals surface area contributed by atoms with Gasteiger partial charge in [-0.15, -0.1) is 0 Å². The van der Waals surface area contributed by atoms with Crippen LogP contribution in [0.15, 0.2) is 21.8 Å². The minimum atomic E-state index is 0.493. The smallest absolute Gasteiger partial charge is 0.0575 e. The Kier molecular flexibility index (Phi) is 2.34. The maximum absolute atomic E-state index is 5.69. The van der Waals surface area contributed by atoms with Crippen LogP contribution < -0.4 is 5.73 Å². The van der Waals surface area contributed by atoms with E-state index >= 15 is 0 Å². The Morgan fingerprint density at radius 2 is 2.10 bits per heavy atom. The van der Waals surface area contributed by atoms with E-state index in [0.717, 1.165) is 0 Å². The van der Waals surface area contributed by atoms with Crippen molar-refractivity contribution in [1.29, 1.82) is 0 Å². The zero-order valence-electron chi connectivity index (χ0n) is 5.03. The summed E-state index contributed by atoms with van der Waals surface area (Å²) < 4.78 is 0. The van der Waals surface area contributed by atoms with Gasteiger partial charge < -0.3 is 5.73 Å². The number of thiocarbonyl (C=S) groups is 1. The molecular formula is C6H5Cl2NS. The van der Waals surface area contributed by atoms with E-state index in [1.807, 2.05) is 0 Å². The highest BCUT2D eigenvalue weighted by Crippen LogP contribution is 2.25. The third-order valence-corrected chi connectivity index (χ3v) is 2.33. The fraction of sp³-hybridized carbons (Fsp3) is 0.167. The van der Waals surface area contributed by atoms with Crippen LogP contribution >= 0.6 is 35.4 Å². The van der Waals surface area contributed by atoms with Crippen LogP contribution in [-0.4, -0.2) is 4.86 Å². The molecule has 0 saturated carbocycles. The zero-order valence-corrected chi connectivity index (χ0v) is 7.35. The molecule has 0 saturated heterocycles. The van der Waals surface area contributed by atoms with E-state index in [2.05, 4.69) is 0 Å². The van der Waals surface area contributed by atoms with Crippen LogP contribution in [0.3, 0.4) is 0 Å². The molecule has 0 amide bonds. The summed E-state index contributed by atoms with van der Waals surface area (Å²) in [6.07, 6.45) is 2.08. The predicted octanol–water partition coefficient (Wildman–Crippen LogP) is 2.29. The SMILES string of the molecule is NC1=CC(Cl)=C(Cl)CC1=S. The quantitative estimate of drug-likeness (QED) is 0.598. The highest BCUT2D eigenvalue weighted by atomic mass is 35.5. The highest BCUT2D eigenvalue weighted by molar-refractivity contribution is 7.80. The van der Waals surface area contributed by atoms with Crippen LogP contribution in [0.2, 0.25) is 0 Å². The Hall–Kier alpha value is -0.0500. The van der Waals surface area contributed by atoms with Crippen LogP contribution in [0.1, 0.15) is 6.42 Å². The first-order valence-corrected chi connectivity index (χ1v) is 3.82. The molecule has 1 rings (SSSR count). The lowest BCUT2D eigenvalue weighted by atomic mass is 10.1. The number of hydrogen-bond acceptors (Lipinski definition) is 2. The van der Waals surface area contributed by atoms with Crippen molar-refractivity contribution in [2.75, 3.05) is 0 Å². The summed E-state index contributed by atoms with van der Waals surface area (Å²) >= 11 is 16.2. The van der Waals surface area contributed by atoms with Crippen molar-refractivity contribution < 1.29 is 0 Å². The molecule has 0 heterocycles. The molecule has 54 valence electrons. The van der Waals surface area contributed by atoms with Gasteiger partial charge in [-0.25, -0.2) is 0 Å². The summed E-state index contributed by atoms with van der Waals surface area (Å²) in [5.74, 6) is 0. The van der Waals surface area contributed by atoms with Crippen molar-refractivity contribution in [3.63, 3.8) is 0 Å². The Morgan fingerprint density at radius 3 is 2.60 bits per heavy atom. The molecule has 0 aliphatic heterocycles. The van der Waals surface area contributed by atoms with Crippen molar-refractivity contribution >= 4 is 40.3 Å². The minimum absolute atomic E-state index is 0.493. The molecule has 1 aliphatic carbocycles. The van der Waals surface area contributed by atoms with Crippen LogP contribution in [0.4, 0.5) is 0 Å². The molecule has 1 aliphatic rings. The van der Waals surface area contributed by atoms with E-state index in [4.69, 9.17) is 41.2 Å². The Labute approximate surface area is 74.5 Å². The fourth-order valence-corrected chi connectivity index (χ4v) is 1.28. The van der Waals surface area contributed by atoms with Gasteiger partial charge in [-0.3, -0.25) is 0 Å². The average molecular weight is 194 g/mol. The topological polar surface area (TPSA) is 26.0 Å². The van der Waals surface area contributed by atoms with Gasteiger partial charge in [0.2, 0.25) is 0 Å². The molecule has 1 nitrogen and oxygen atoms in total. The van der Waals surface area contributed by atoms with Gasteiger partial charge in [0.1, 0.15) is 0 Å². The third-order valence-electron chi connectivity index (χ3n) is 1.18.